The molecule has 0 atom stereocenters. The van der Waals surface area contributed by atoms with E-state index in [9.17, 15) is 4.79 Å². The third-order valence-corrected chi connectivity index (χ3v) is 3.69. The van der Waals surface area contributed by atoms with Crippen LogP contribution >= 0.6 is 0 Å². The molecule has 0 aliphatic heterocycles. The SMILES string of the molecule is CCNc1ccc(C(=O)NCCC2CCCC2)nc1. The number of nitrogens with zero attached hydrogens (tertiary/aromatic N) is 1. The van der Waals surface area contributed by atoms with E-state index in [2.05, 4.69) is 15.6 Å². The van der Waals surface area contributed by atoms with Gasteiger partial charge >= 0.3 is 0 Å². The molecular formula is C15H23N3O. The van der Waals surface area contributed by atoms with Crippen molar-refractivity contribution in [3.8, 4) is 0 Å². The summed E-state index contributed by atoms with van der Waals surface area (Å²) in [4.78, 5) is 16.1. The van der Waals surface area contributed by atoms with Crippen LogP contribution in [0.25, 0.3) is 0 Å². The minimum absolute atomic E-state index is 0.0685. The Kier molecular flexibility index (Phi) is 5.19. The van der Waals surface area contributed by atoms with Gasteiger partial charge in [0.1, 0.15) is 5.69 Å². The van der Waals surface area contributed by atoms with Crippen molar-refractivity contribution in [3.63, 3.8) is 0 Å². The molecule has 0 unspecified atom stereocenters. The maximum Gasteiger partial charge on any atom is 0.269 e. The van der Waals surface area contributed by atoms with Crippen molar-refractivity contribution in [2.45, 2.75) is 39.0 Å². The Bertz CT molecular complexity index is 396. The van der Waals surface area contributed by atoms with Gasteiger partial charge in [-0.3, -0.25) is 4.79 Å². The monoisotopic (exact) mass is 261 g/mol. The van der Waals surface area contributed by atoms with Gasteiger partial charge < -0.3 is 10.6 Å². The first kappa shape index (κ1) is 13.8. The molecule has 4 heteroatoms. The maximum absolute atomic E-state index is 11.9. The smallest absolute Gasteiger partial charge is 0.269 e. The van der Waals surface area contributed by atoms with E-state index in [1.807, 2.05) is 13.0 Å². The second kappa shape index (κ2) is 7.12. The molecular weight excluding hydrogens is 238 g/mol. The summed E-state index contributed by atoms with van der Waals surface area (Å²) in [7, 11) is 0. The molecule has 104 valence electrons. The number of carbonyl (C=O) groups is 1. The Morgan fingerprint density at radius 1 is 1.37 bits per heavy atom. The molecule has 0 radical (unpaired) electrons. The third kappa shape index (κ3) is 4.23. The number of hydrogen-bond acceptors (Lipinski definition) is 3. The van der Waals surface area contributed by atoms with Crippen molar-refractivity contribution >= 4 is 11.6 Å². The Morgan fingerprint density at radius 3 is 2.79 bits per heavy atom. The molecule has 1 aliphatic rings. The van der Waals surface area contributed by atoms with Crippen LogP contribution in [0.1, 0.15) is 49.5 Å². The molecule has 1 saturated carbocycles. The van der Waals surface area contributed by atoms with E-state index >= 15 is 0 Å². The lowest BCUT2D eigenvalue weighted by Gasteiger charge is -2.09. The molecule has 19 heavy (non-hydrogen) atoms. The van der Waals surface area contributed by atoms with Gasteiger partial charge in [-0.05, 0) is 31.4 Å². The Morgan fingerprint density at radius 2 is 2.16 bits per heavy atom. The lowest BCUT2D eigenvalue weighted by Crippen LogP contribution is -2.26. The van der Waals surface area contributed by atoms with Crippen molar-refractivity contribution in [1.82, 2.24) is 10.3 Å². The minimum Gasteiger partial charge on any atom is -0.384 e. The van der Waals surface area contributed by atoms with Gasteiger partial charge in [0.25, 0.3) is 5.91 Å². The summed E-state index contributed by atoms with van der Waals surface area (Å²) in [5.41, 5.74) is 1.44. The number of carbonyl (C=O) groups excluding carboxylic acids is 1. The summed E-state index contributed by atoms with van der Waals surface area (Å²) < 4.78 is 0. The first-order valence-corrected chi connectivity index (χ1v) is 7.27. The van der Waals surface area contributed by atoms with E-state index in [0.29, 0.717) is 5.69 Å². The number of nitrogens with one attached hydrogen (secondary N) is 2. The molecule has 4 nitrogen and oxygen atoms in total. The molecule has 1 amide bonds. The first-order chi connectivity index (χ1) is 9.29. The number of rotatable bonds is 6. The molecule has 1 heterocycles. The van der Waals surface area contributed by atoms with Crippen molar-refractivity contribution in [1.29, 1.82) is 0 Å². The van der Waals surface area contributed by atoms with Gasteiger partial charge in [-0.15, -0.1) is 0 Å². The van der Waals surface area contributed by atoms with Gasteiger partial charge in [0.05, 0.1) is 11.9 Å². The lowest BCUT2D eigenvalue weighted by atomic mass is 10.0. The van der Waals surface area contributed by atoms with Crippen LogP contribution < -0.4 is 10.6 Å². The summed E-state index contributed by atoms with van der Waals surface area (Å²) in [6, 6.07) is 3.66. The average molecular weight is 261 g/mol. The Balaban J connectivity index is 1.75. The number of amides is 1. The first-order valence-electron chi connectivity index (χ1n) is 7.27. The predicted molar refractivity (Wildman–Crippen MR) is 77.3 cm³/mol. The number of anilines is 1. The molecule has 1 aliphatic carbocycles. The summed E-state index contributed by atoms with van der Waals surface area (Å²) >= 11 is 0. The summed E-state index contributed by atoms with van der Waals surface area (Å²) in [5.74, 6) is 0.741. The maximum atomic E-state index is 11.9. The van der Waals surface area contributed by atoms with Crippen molar-refractivity contribution in [2.24, 2.45) is 5.92 Å². The van der Waals surface area contributed by atoms with Crippen LogP contribution in [-0.2, 0) is 0 Å². The van der Waals surface area contributed by atoms with Crippen LogP contribution in [0, 0.1) is 5.92 Å². The summed E-state index contributed by atoms with van der Waals surface area (Å²) in [6.45, 7) is 3.65. The van der Waals surface area contributed by atoms with Gasteiger partial charge in [-0.1, -0.05) is 25.7 Å². The van der Waals surface area contributed by atoms with E-state index < -0.39 is 0 Å². The quantitative estimate of drug-likeness (QED) is 0.828. The van der Waals surface area contributed by atoms with E-state index in [-0.39, 0.29) is 5.91 Å². The fraction of sp³-hybridized carbons (Fsp3) is 0.600. The fourth-order valence-corrected chi connectivity index (χ4v) is 2.62. The van der Waals surface area contributed by atoms with Gasteiger partial charge in [0, 0.05) is 13.1 Å². The van der Waals surface area contributed by atoms with Gasteiger partial charge in [0.2, 0.25) is 0 Å². The second-order valence-electron chi connectivity index (χ2n) is 5.16. The third-order valence-electron chi connectivity index (χ3n) is 3.69. The second-order valence-corrected chi connectivity index (χ2v) is 5.16. The zero-order chi connectivity index (χ0) is 13.5. The minimum atomic E-state index is -0.0685. The molecule has 1 aromatic heterocycles. The average Bonchev–Trinajstić information content (AvgIpc) is 2.93. The van der Waals surface area contributed by atoms with Crippen LogP contribution in [0.2, 0.25) is 0 Å². The van der Waals surface area contributed by atoms with Crippen molar-refractivity contribution in [3.05, 3.63) is 24.0 Å². The molecule has 0 bridgehead atoms. The summed E-state index contributed by atoms with van der Waals surface area (Å²) in [6.07, 6.45) is 8.16. The topological polar surface area (TPSA) is 54.0 Å². The molecule has 0 aromatic carbocycles. The highest BCUT2D eigenvalue weighted by atomic mass is 16.1. The van der Waals surface area contributed by atoms with E-state index in [0.717, 1.165) is 31.1 Å². The fourth-order valence-electron chi connectivity index (χ4n) is 2.62. The number of hydrogen-bond donors (Lipinski definition) is 2. The van der Waals surface area contributed by atoms with E-state index in [4.69, 9.17) is 0 Å². The van der Waals surface area contributed by atoms with Crippen LogP contribution in [0.15, 0.2) is 18.3 Å². The van der Waals surface area contributed by atoms with Crippen LogP contribution in [-0.4, -0.2) is 24.0 Å². The largest absolute Gasteiger partial charge is 0.384 e. The Hall–Kier alpha value is -1.58. The van der Waals surface area contributed by atoms with E-state index in [1.54, 1.807) is 12.3 Å². The standard InChI is InChI=1S/C15H23N3O/c1-2-16-13-7-8-14(18-11-13)15(19)17-10-9-12-5-3-4-6-12/h7-8,11-12,16H,2-6,9-10H2,1H3,(H,17,19). The normalized spacial score (nSPS) is 15.4. The molecule has 0 spiro atoms. The Labute approximate surface area is 115 Å². The molecule has 1 aromatic rings. The zero-order valence-electron chi connectivity index (χ0n) is 11.6. The summed E-state index contributed by atoms with van der Waals surface area (Å²) in [5, 5.41) is 6.12. The van der Waals surface area contributed by atoms with Crippen LogP contribution in [0.3, 0.4) is 0 Å². The molecule has 2 rings (SSSR count). The highest BCUT2D eigenvalue weighted by Gasteiger charge is 2.15. The van der Waals surface area contributed by atoms with Crippen LogP contribution in [0.5, 0.6) is 0 Å². The zero-order valence-corrected chi connectivity index (χ0v) is 11.6. The predicted octanol–water partition coefficient (Wildman–Crippen LogP) is 2.82. The van der Waals surface area contributed by atoms with Crippen LogP contribution in [0.4, 0.5) is 5.69 Å². The van der Waals surface area contributed by atoms with Crippen molar-refractivity contribution in [2.75, 3.05) is 18.4 Å². The van der Waals surface area contributed by atoms with Gasteiger partial charge in [-0.25, -0.2) is 4.98 Å². The molecule has 2 N–H and O–H groups in total. The number of pyridine rings is 1. The van der Waals surface area contributed by atoms with Crippen molar-refractivity contribution < 1.29 is 4.79 Å². The molecule has 1 fully saturated rings. The van der Waals surface area contributed by atoms with E-state index in [1.165, 1.54) is 25.7 Å². The lowest BCUT2D eigenvalue weighted by molar-refractivity contribution is 0.0946. The molecule has 0 saturated heterocycles. The van der Waals surface area contributed by atoms with Gasteiger partial charge in [-0.2, -0.15) is 0 Å². The highest BCUT2D eigenvalue weighted by Crippen LogP contribution is 2.26. The van der Waals surface area contributed by atoms with Gasteiger partial charge in [0.15, 0.2) is 0 Å². The number of aromatic nitrogens is 1. The highest BCUT2D eigenvalue weighted by molar-refractivity contribution is 5.92.